The third-order valence-electron chi connectivity index (χ3n) is 3.98. The summed E-state index contributed by atoms with van der Waals surface area (Å²) in [5, 5.41) is 6.60. The lowest BCUT2D eigenvalue weighted by Gasteiger charge is -2.32. The van der Waals surface area contributed by atoms with Crippen LogP contribution >= 0.6 is 23.2 Å². The summed E-state index contributed by atoms with van der Waals surface area (Å²) in [6.45, 7) is 0. The van der Waals surface area contributed by atoms with Crippen molar-refractivity contribution < 1.29 is 19.1 Å². The molecule has 0 aromatic heterocycles. The van der Waals surface area contributed by atoms with Crippen molar-refractivity contribution >= 4 is 41.0 Å². The van der Waals surface area contributed by atoms with Crippen molar-refractivity contribution in [1.29, 1.82) is 0 Å². The van der Waals surface area contributed by atoms with Crippen LogP contribution in [0.15, 0.2) is 42.5 Å². The van der Waals surface area contributed by atoms with Crippen LogP contribution in [0, 0.1) is 0 Å². The summed E-state index contributed by atoms with van der Waals surface area (Å²) in [7, 11) is 1.30. The summed E-state index contributed by atoms with van der Waals surface area (Å²) < 4.78 is 10.1. The predicted octanol–water partition coefficient (Wildman–Crippen LogP) is 4.18. The van der Waals surface area contributed by atoms with Gasteiger partial charge in [-0.25, -0.2) is 9.59 Å². The number of halogens is 2. The third-order valence-corrected chi connectivity index (χ3v) is 4.51. The molecular weight excluding hydrogens is 379 g/mol. The van der Waals surface area contributed by atoms with E-state index in [-0.39, 0.29) is 6.42 Å². The van der Waals surface area contributed by atoms with E-state index in [0.717, 1.165) is 0 Å². The van der Waals surface area contributed by atoms with Crippen LogP contribution in [0.25, 0.3) is 0 Å². The number of carbonyl (C=O) groups is 2. The fourth-order valence-corrected chi connectivity index (χ4v) is 3.48. The van der Waals surface area contributed by atoms with Gasteiger partial charge in [-0.15, -0.1) is 0 Å². The van der Waals surface area contributed by atoms with Gasteiger partial charge in [0, 0.05) is 27.7 Å². The number of hydrogen-bond donors (Lipinski definition) is 2. The molecule has 2 aromatic rings. The first-order valence-electron chi connectivity index (χ1n) is 7.84. The predicted molar refractivity (Wildman–Crippen MR) is 98.8 cm³/mol. The van der Waals surface area contributed by atoms with E-state index in [2.05, 4.69) is 10.6 Å². The molecule has 1 aliphatic heterocycles. The minimum Gasteiger partial charge on any atom is -0.467 e. The van der Waals surface area contributed by atoms with Gasteiger partial charge < -0.3 is 20.1 Å². The van der Waals surface area contributed by atoms with E-state index in [4.69, 9.17) is 32.7 Å². The Kier molecular flexibility index (Phi) is 5.54. The van der Waals surface area contributed by atoms with Crippen molar-refractivity contribution in [2.24, 2.45) is 0 Å². The van der Waals surface area contributed by atoms with Crippen molar-refractivity contribution in [3.05, 3.63) is 58.1 Å². The van der Waals surface area contributed by atoms with E-state index in [1.807, 2.05) is 6.07 Å². The highest BCUT2D eigenvalue weighted by Gasteiger charge is 2.34. The summed E-state index contributed by atoms with van der Waals surface area (Å²) in [5.41, 5.74) is 1.20. The SMILES string of the molecule is COC(=O)[C@H]1C[C@H](NC(=O)Oc2ccccc2)c2c(Cl)cc(Cl)cc2N1. The fraction of sp³-hybridized carbons (Fsp3) is 0.222. The van der Waals surface area contributed by atoms with Crippen LogP contribution in [-0.4, -0.2) is 25.2 Å². The van der Waals surface area contributed by atoms with Gasteiger partial charge in [-0.1, -0.05) is 41.4 Å². The van der Waals surface area contributed by atoms with E-state index in [1.165, 1.54) is 7.11 Å². The molecule has 0 spiro atoms. The Balaban J connectivity index is 1.85. The Morgan fingerprint density at radius 2 is 1.92 bits per heavy atom. The average Bonchev–Trinajstić information content (AvgIpc) is 2.60. The summed E-state index contributed by atoms with van der Waals surface area (Å²) in [4.78, 5) is 24.2. The zero-order valence-corrected chi connectivity index (χ0v) is 15.3. The molecule has 0 saturated carbocycles. The summed E-state index contributed by atoms with van der Waals surface area (Å²) >= 11 is 12.4. The zero-order valence-electron chi connectivity index (χ0n) is 13.8. The van der Waals surface area contributed by atoms with Crippen LogP contribution in [0.2, 0.25) is 10.0 Å². The van der Waals surface area contributed by atoms with E-state index in [0.29, 0.717) is 27.0 Å². The first-order valence-corrected chi connectivity index (χ1v) is 8.60. The topological polar surface area (TPSA) is 76.7 Å². The molecule has 0 bridgehead atoms. The van der Waals surface area contributed by atoms with E-state index in [1.54, 1.807) is 36.4 Å². The van der Waals surface area contributed by atoms with Crippen LogP contribution in [0.4, 0.5) is 10.5 Å². The maximum Gasteiger partial charge on any atom is 0.413 e. The van der Waals surface area contributed by atoms with E-state index in [9.17, 15) is 9.59 Å². The van der Waals surface area contributed by atoms with Crippen molar-refractivity contribution in [3.8, 4) is 5.75 Å². The molecule has 0 saturated heterocycles. The van der Waals surface area contributed by atoms with E-state index < -0.39 is 24.1 Å². The minimum atomic E-state index is -0.649. The number of nitrogens with one attached hydrogen (secondary N) is 2. The molecule has 136 valence electrons. The lowest BCUT2D eigenvalue weighted by molar-refractivity contribution is -0.141. The second-order valence-corrected chi connectivity index (χ2v) is 6.55. The first kappa shape index (κ1) is 18.4. The molecule has 1 aliphatic rings. The maximum atomic E-state index is 12.3. The fourth-order valence-electron chi connectivity index (χ4n) is 2.85. The molecule has 0 aliphatic carbocycles. The number of methoxy groups -OCH3 is 1. The molecule has 2 N–H and O–H groups in total. The maximum absolute atomic E-state index is 12.3. The highest BCUT2D eigenvalue weighted by Crippen LogP contribution is 2.40. The molecule has 2 aromatic carbocycles. The highest BCUT2D eigenvalue weighted by atomic mass is 35.5. The van der Waals surface area contributed by atoms with Gasteiger partial charge in [0.25, 0.3) is 0 Å². The van der Waals surface area contributed by atoms with Crippen LogP contribution in [0.3, 0.4) is 0 Å². The van der Waals surface area contributed by atoms with E-state index >= 15 is 0 Å². The number of para-hydroxylation sites is 1. The number of anilines is 1. The molecule has 26 heavy (non-hydrogen) atoms. The Bertz CT molecular complexity index is 829. The molecule has 2 atom stereocenters. The number of ether oxygens (including phenoxy) is 2. The molecule has 1 heterocycles. The number of rotatable bonds is 3. The second kappa shape index (κ2) is 7.85. The van der Waals surface area contributed by atoms with Crippen molar-refractivity contribution in [1.82, 2.24) is 5.32 Å². The van der Waals surface area contributed by atoms with Crippen LogP contribution in [0.1, 0.15) is 18.0 Å². The van der Waals surface area contributed by atoms with Gasteiger partial charge >= 0.3 is 12.1 Å². The molecule has 1 amide bonds. The molecule has 0 fully saturated rings. The quantitative estimate of drug-likeness (QED) is 0.763. The van der Waals surface area contributed by atoms with Gasteiger partial charge in [0.1, 0.15) is 11.8 Å². The van der Waals surface area contributed by atoms with Crippen LogP contribution in [-0.2, 0) is 9.53 Å². The molecule has 0 unspecified atom stereocenters. The molecule has 8 heteroatoms. The summed E-state index contributed by atoms with van der Waals surface area (Å²) in [5.74, 6) is -0.0409. The molecule has 0 radical (unpaired) electrons. The number of benzene rings is 2. The standard InChI is InChI=1S/C18H16Cl2N2O4/c1-25-17(23)15-9-14(16-12(20)7-10(19)8-13(16)21-15)22-18(24)26-11-5-3-2-4-6-11/h2-8,14-15,21H,9H2,1H3,(H,22,24)/t14-,15+/m0/s1. The monoisotopic (exact) mass is 394 g/mol. The number of esters is 1. The van der Waals surface area contributed by atoms with Gasteiger partial charge in [-0.3, -0.25) is 0 Å². The largest absolute Gasteiger partial charge is 0.467 e. The second-order valence-electron chi connectivity index (χ2n) is 5.70. The number of fused-ring (bicyclic) bond motifs is 1. The zero-order chi connectivity index (χ0) is 18.7. The normalized spacial score (nSPS) is 18.3. The lowest BCUT2D eigenvalue weighted by Crippen LogP contribution is -2.42. The number of amides is 1. The number of hydrogen-bond acceptors (Lipinski definition) is 5. The van der Waals surface area contributed by atoms with Crippen molar-refractivity contribution in [2.45, 2.75) is 18.5 Å². The first-order chi connectivity index (χ1) is 12.5. The Morgan fingerprint density at radius 3 is 2.62 bits per heavy atom. The highest BCUT2D eigenvalue weighted by molar-refractivity contribution is 6.35. The lowest BCUT2D eigenvalue weighted by atomic mass is 9.93. The van der Waals surface area contributed by atoms with Crippen molar-refractivity contribution in [3.63, 3.8) is 0 Å². The van der Waals surface area contributed by atoms with Gasteiger partial charge in [0.05, 0.1) is 13.2 Å². The number of carbonyl (C=O) groups excluding carboxylic acids is 2. The summed E-state index contributed by atoms with van der Waals surface area (Å²) in [6.07, 6.45) is -0.394. The molecule has 6 nitrogen and oxygen atoms in total. The molecule has 3 rings (SSSR count). The van der Waals surface area contributed by atoms with Gasteiger partial charge in [-0.05, 0) is 24.3 Å². The average molecular weight is 395 g/mol. The van der Waals surface area contributed by atoms with Gasteiger partial charge in [-0.2, -0.15) is 0 Å². The third kappa shape index (κ3) is 4.03. The molecular formula is C18H16Cl2N2O4. The minimum absolute atomic E-state index is 0.255. The summed E-state index contributed by atoms with van der Waals surface area (Å²) in [6, 6.07) is 10.7. The Hall–Kier alpha value is -2.44. The Labute approximate surface area is 160 Å². The smallest absolute Gasteiger partial charge is 0.413 e. The van der Waals surface area contributed by atoms with Crippen LogP contribution in [0.5, 0.6) is 5.75 Å². The van der Waals surface area contributed by atoms with Gasteiger partial charge in [0.15, 0.2) is 0 Å². The Morgan fingerprint density at radius 1 is 1.19 bits per heavy atom. The van der Waals surface area contributed by atoms with Crippen molar-refractivity contribution in [2.75, 3.05) is 12.4 Å². The van der Waals surface area contributed by atoms with Gasteiger partial charge in [0.2, 0.25) is 0 Å². The van der Waals surface area contributed by atoms with Crippen LogP contribution < -0.4 is 15.4 Å².